The summed E-state index contributed by atoms with van der Waals surface area (Å²) in [4.78, 5) is 35.3. The van der Waals surface area contributed by atoms with Crippen LogP contribution in [0, 0.1) is 5.82 Å². The summed E-state index contributed by atoms with van der Waals surface area (Å²) >= 11 is 0. The molecule has 0 bridgehead atoms. The number of amides is 3. The second-order valence-electron chi connectivity index (χ2n) is 5.76. The van der Waals surface area contributed by atoms with Gasteiger partial charge in [-0.15, -0.1) is 0 Å². The van der Waals surface area contributed by atoms with Gasteiger partial charge in [0.1, 0.15) is 5.82 Å². The van der Waals surface area contributed by atoms with Crippen LogP contribution in [0.25, 0.3) is 0 Å². The van der Waals surface area contributed by atoms with Crippen LogP contribution < -0.4 is 15.5 Å². The van der Waals surface area contributed by atoms with Crippen molar-refractivity contribution in [3.63, 3.8) is 0 Å². The lowest BCUT2D eigenvalue weighted by Crippen LogP contribution is -2.59. The lowest BCUT2D eigenvalue weighted by molar-refractivity contribution is -0.134. The zero-order valence-corrected chi connectivity index (χ0v) is 12.2. The summed E-state index contributed by atoms with van der Waals surface area (Å²) in [6, 6.07) is 4.45. The van der Waals surface area contributed by atoms with Crippen molar-refractivity contribution in [3.8, 4) is 0 Å². The van der Waals surface area contributed by atoms with Crippen LogP contribution in [0.3, 0.4) is 0 Å². The lowest BCUT2D eigenvalue weighted by Gasteiger charge is -2.40. The Hall–Kier alpha value is -2.64. The van der Waals surface area contributed by atoms with Crippen LogP contribution in [0.1, 0.15) is 24.3 Å². The minimum absolute atomic E-state index is 0.162. The normalized spacial score (nSPS) is 21.6. The zero-order chi connectivity index (χ0) is 16.6. The van der Waals surface area contributed by atoms with Crippen LogP contribution in [-0.4, -0.2) is 42.1 Å². The Balaban J connectivity index is 1.68. The van der Waals surface area contributed by atoms with Gasteiger partial charge in [0.25, 0.3) is 0 Å². The average Bonchev–Trinajstić information content (AvgIpc) is 2.43. The minimum Gasteiger partial charge on any atom is -0.465 e. The summed E-state index contributed by atoms with van der Waals surface area (Å²) in [7, 11) is 0. The first-order valence-electron chi connectivity index (χ1n) is 7.31. The fraction of sp³-hybridized carbons (Fsp3) is 0.400. The number of anilines is 1. The fourth-order valence-corrected chi connectivity index (χ4v) is 2.94. The molecular weight excluding hydrogens is 305 g/mol. The number of carboxylic acid groups (broad SMARTS) is 1. The van der Waals surface area contributed by atoms with Gasteiger partial charge in [-0.05, 0) is 18.6 Å². The zero-order valence-electron chi connectivity index (χ0n) is 12.2. The van der Waals surface area contributed by atoms with E-state index in [-0.39, 0.29) is 23.9 Å². The third-order valence-corrected chi connectivity index (χ3v) is 4.17. The third kappa shape index (κ3) is 3.10. The standard InChI is InChI=1S/C15H16FN3O4/c16-12-5-9(19-6-8(7-19)17-15(22)23)1-2-10(12)11-3-4-13(20)18-14(11)21/h1-2,5,8,11,17H,3-4,6-7H2,(H,22,23)(H,18,20,21)/t11-/m0/s1. The van der Waals surface area contributed by atoms with E-state index >= 15 is 0 Å². The van der Waals surface area contributed by atoms with Crippen LogP contribution in [0.5, 0.6) is 0 Å². The lowest BCUT2D eigenvalue weighted by atomic mass is 9.90. The molecule has 0 spiro atoms. The molecule has 1 aromatic rings. The third-order valence-electron chi connectivity index (χ3n) is 4.17. The van der Waals surface area contributed by atoms with Crippen molar-refractivity contribution in [2.45, 2.75) is 24.8 Å². The van der Waals surface area contributed by atoms with Gasteiger partial charge in [0, 0.05) is 30.8 Å². The molecule has 0 unspecified atom stereocenters. The maximum atomic E-state index is 14.3. The molecule has 3 rings (SSSR count). The smallest absolute Gasteiger partial charge is 0.405 e. The molecule has 3 N–H and O–H groups in total. The molecule has 2 saturated heterocycles. The molecule has 2 aliphatic rings. The van der Waals surface area contributed by atoms with Gasteiger partial charge in [0.2, 0.25) is 11.8 Å². The van der Waals surface area contributed by atoms with Crippen LogP contribution >= 0.6 is 0 Å². The number of imide groups is 1. The number of piperidine rings is 1. The molecule has 3 amide bonds. The Morgan fingerprint density at radius 1 is 1.35 bits per heavy atom. The maximum Gasteiger partial charge on any atom is 0.405 e. The van der Waals surface area contributed by atoms with Gasteiger partial charge in [-0.25, -0.2) is 9.18 Å². The second-order valence-corrected chi connectivity index (χ2v) is 5.76. The number of benzene rings is 1. The number of halogens is 1. The molecular formula is C15H16FN3O4. The van der Waals surface area contributed by atoms with Crippen molar-refractivity contribution in [1.29, 1.82) is 0 Å². The molecule has 2 aliphatic heterocycles. The largest absolute Gasteiger partial charge is 0.465 e. The van der Waals surface area contributed by atoms with E-state index in [2.05, 4.69) is 10.6 Å². The number of hydrogen-bond acceptors (Lipinski definition) is 4. The van der Waals surface area contributed by atoms with Crippen molar-refractivity contribution >= 4 is 23.6 Å². The van der Waals surface area contributed by atoms with E-state index in [0.29, 0.717) is 25.2 Å². The predicted octanol–water partition coefficient (Wildman–Crippen LogP) is 0.802. The summed E-state index contributed by atoms with van der Waals surface area (Å²) in [5, 5.41) is 13.2. The highest BCUT2D eigenvalue weighted by atomic mass is 19.1. The molecule has 2 heterocycles. The first kappa shape index (κ1) is 15.3. The molecule has 0 saturated carbocycles. The van der Waals surface area contributed by atoms with Crippen molar-refractivity contribution in [1.82, 2.24) is 10.6 Å². The minimum atomic E-state index is -1.07. The van der Waals surface area contributed by atoms with E-state index in [1.807, 2.05) is 4.90 Å². The monoisotopic (exact) mass is 321 g/mol. The number of nitrogens with one attached hydrogen (secondary N) is 2. The first-order chi connectivity index (χ1) is 10.9. The Labute approximate surface area is 131 Å². The Bertz CT molecular complexity index is 673. The topological polar surface area (TPSA) is 98.7 Å². The van der Waals surface area contributed by atoms with Gasteiger partial charge in [-0.2, -0.15) is 0 Å². The van der Waals surface area contributed by atoms with E-state index in [9.17, 15) is 18.8 Å². The van der Waals surface area contributed by atoms with Crippen molar-refractivity contribution in [2.24, 2.45) is 0 Å². The molecule has 23 heavy (non-hydrogen) atoms. The number of carbonyl (C=O) groups is 3. The highest BCUT2D eigenvalue weighted by Gasteiger charge is 2.32. The summed E-state index contributed by atoms with van der Waals surface area (Å²) in [6.45, 7) is 0.951. The van der Waals surface area contributed by atoms with E-state index in [1.165, 1.54) is 6.07 Å². The van der Waals surface area contributed by atoms with E-state index < -0.39 is 23.7 Å². The summed E-state index contributed by atoms with van der Waals surface area (Å²) in [5.41, 5.74) is 0.918. The fourth-order valence-electron chi connectivity index (χ4n) is 2.94. The van der Waals surface area contributed by atoms with Gasteiger partial charge >= 0.3 is 6.09 Å². The molecule has 0 aromatic heterocycles. The van der Waals surface area contributed by atoms with Gasteiger partial charge in [0.15, 0.2) is 0 Å². The second kappa shape index (κ2) is 5.86. The molecule has 0 aliphatic carbocycles. The molecule has 8 heteroatoms. The van der Waals surface area contributed by atoms with E-state index in [1.54, 1.807) is 12.1 Å². The van der Waals surface area contributed by atoms with Crippen LogP contribution in [0.15, 0.2) is 18.2 Å². The highest BCUT2D eigenvalue weighted by Crippen LogP contribution is 2.30. The first-order valence-corrected chi connectivity index (χ1v) is 7.31. The van der Waals surface area contributed by atoms with Crippen molar-refractivity contribution < 1.29 is 23.9 Å². The summed E-state index contributed by atoms with van der Waals surface area (Å²) < 4.78 is 14.3. The molecule has 0 radical (unpaired) electrons. The van der Waals surface area contributed by atoms with Gasteiger partial charge in [-0.3, -0.25) is 14.9 Å². The van der Waals surface area contributed by atoms with Gasteiger partial charge in [0.05, 0.1) is 12.0 Å². The van der Waals surface area contributed by atoms with Gasteiger partial charge in [-0.1, -0.05) is 6.07 Å². The molecule has 122 valence electrons. The predicted molar refractivity (Wildman–Crippen MR) is 78.7 cm³/mol. The van der Waals surface area contributed by atoms with E-state index in [0.717, 1.165) is 0 Å². The Kier molecular flexibility index (Phi) is 3.89. The quantitative estimate of drug-likeness (QED) is 0.715. The average molecular weight is 321 g/mol. The molecule has 1 aromatic carbocycles. The number of rotatable bonds is 3. The van der Waals surface area contributed by atoms with Crippen LogP contribution in [0.4, 0.5) is 14.9 Å². The molecule has 1 atom stereocenters. The SMILES string of the molecule is O=C(O)NC1CN(c2ccc([C@@H]3CCC(=O)NC3=O)c(F)c2)C1. The Morgan fingerprint density at radius 3 is 2.70 bits per heavy atom. The summed E-state index contributed by atoms with van der Waals surface area (Å²) in [6.07, 6.45) is -0.573. The van der Waals surface area contributed by atoms with Crippen LogP contribution in [-0.2, 0) is 9.59 Å². The van der Waals surface area contributed by atoms with Crippen LogP contribution in [0.2, 0.25) is 0 Å². The van der Waals surface area contributed by atoms with Crippen molar-refractivity contribution in [2.75, 3.05) is 18.0 Å². The number of carbonyl (C=O) groups excluding carboxylic acids is 2. The number of nitrogens with zero attached hydrogens (tertiary/aromatic N) is 1. The summed E-state index contributed by atoms with van der Waals surface area (Å²) in [5.74, 6) is -1.95. The van der Waals surface area contributed by atoms with Gasteiger partial charge < -0.3 is 15.3 Å². The number of hydrogen-bond donors (Lipinski definition) is 3. The molecule has 7 nitrogen and oxygen atoms in total. The Morgan fingerprint density at radius 2 is 2.09 bits per heavy atom. The molecule has 2 fully saturated rings. The van der Waals surface area contributed by atoms with E-state index in [4.69, 9.17) is 5.11 Å². The maximum absolute atomic E-state index is 14.3. The van der Waals surface area contributed by atoms with Crippen molar-refractivity contribution in [3.05, 3.63) is 29.6 Å². The highest BCUT2D eigenvalue weighted by molar-refractivity contribution is 6.01.